The van der Waals surface area contributed by atoms with Gasteiger partial charge in [-0.3, -0.25) is 0 Å². The van der Waals surface area contributed by atoms with Gasteiger partial charge in [0.25, 0.3) is 0 Å². The van der Waals surface area contributed by atoms with Gasteiger partial charge < -0.3 is 9.84 Å². The zero-order valence-electron chi connectivity index (χ0n) is 9.41. The average molecular weight is 208 g/mol. The lowest BCUT2D eigenvalue weighted by Gasteiger charge is -2.05. The molecule has 1 aromatic rings. The third kappa shape index (κ3) is 4.84. The van der Waals surface area contributed by atoms with E-state index in [1.807, 2.05) is 18.2 Å². The van der Waals surface area contributed by atoms with E-state index >= 15 is 0 Å². The summed E-state index contributed by atoms with van der Waals surface area (Å²) in [6.45, 7) is 3.80. The predicted octanol–water partition coefficient (Wildman–Crippen LogP) is 3.14. The lowest BCUT2D eigenvalue weighted by atomic mass is 10.1. The highest BCUT2D eigenvalue weighted by Gasteiger charge is 1.98. The molecule has 0 aliphatic heterocycles. The van der Waals surface area contributed by atoms with Gasteiger partial charge in [-0.1, -0.05) is 31.5 Å². The van der Waals surface area contributed by atoms with Crippen LogP contribution in [0.1, 0.15) is 31.7 Å². The fourth-order valence-corrected chi connectivity index (χ4v) is 1.44. The molecule has 0 unspecified atom stereocenters. The van der Waals surface area contributed by atoms with Gasteiger partial charge in [0, 0.05) is 13.2 Å². The van der Waals surface area contributed by atoms with Crippen molar-refractivity contribution < 1.29 is 9.84 Å². The highest BCUT2D eigenvalue weighted by atomic mass is 16.5. The van der Waals surface area contributed by atoms with Gasteiger partial charge in [0.05, 0.1) is 0 Å². The molecule has 15 heavy (non-hydrogen) atoms. The Balaban J connectivity index is 2.12. The van der Waals surface area contributed by atoms with E-state index in [9.17, 15) is 5.11 Å². The smallest absolute Gasteiger partial charge is 0.118 e. The zero-order valence-corrected chi connectivity index (χ0v) is 9.41. The van der Waals surface area contributed by atoms with Gasteiger partial charge >= 0.3 is 0 Å². The van der Waals surface area contributed by atoms with Crippen molar-refractivity contribution in [3.8, 4) is 5.75 Å². The summed E-state index contributed by atoms with van der Waals surface area (Å²) in [5.74, 6) is 0.394. The average Bonchev–Trinajstić information content (AvgIpc) is 2.25. The van der Waals surface area contributed by atoms with Crippen molar-refractivity contribution in [3.63, 3.8) is 0 Å². The summed E-state index contributed by atoms with van der Waals surface area (Å²) >= 11 is 0. The first-order valence-corrected chi connectivity index (χ1v) is 5.69. The van der Waals surface area contributed by atoms with Crippen LogP contribution in [0.3, 0.4) is 0 Å². The van der Waals surface area contributed by atoms with E-state index in [0.29, 0.717) is 5.75 Å². The molecule has 0 aliphatic carbocycles. The maximum Gasteiger partial charge on any atom is 0.118 e. The van der Waals surface area contributed by atoms with Crippen LogP contribution in [0.2, 0.25) is 0 Å². The number of unbranched alkanes of at least 4 members (excludes halogenated alkanes) is 1. The molecule has 0 spiro atoms. The number of para-hydroxylation sites is 1. The minimum absolute atomic E-state index is 0.394. The maximum absolute atomic E-state index is 9.51. The molecule has 0 aliphatic rings. The van der Waals surface area contributed by atoms with Crippen molar-refractivity contribution in [3.05, 3.63) is 29.8 Å². The standard InChI is InChI=1S/C13H20O2/c1-2-3-10-15-11-6-8-12-7-4-5-9-13(12)14/h4-5,7,9,14H,2-3,6,8,10-11H2,1H3. The second-order valence-corrected chi connectivity index (χ2v) is 3.70. The Morgan fingerprint density at radius 1 is 1.13 bits per heavy atom. The molecule has 84 valence electrons. The molecule has 0 amide bonds. The molecule has 2 heteroatoms. The molecular formula is C13H20O2. The number of aromatic hydroxyl groups is 1. The molecule has 0 radical (unpaired) electrons. The fraction of sp³-hybridized carbons (Fsp3) is 0.538. The van der Waals surface area contributed by atoms with Crippen molar-refractivity contribution in [1.29, 1.82) is 0 Å². The summed E-state index contributed by atoms with van der Waals surface area (Å²) in [6, 6.07) is 7.48. The highest BCUT2D eigenvalue weighted by Crippen LogP contribution is 2.16. The second kappa shape index (κ2) is 7.30. The number of benzene rings is 1. The van der Waals surface area contributed by atoms with Crippen LogP contribution in [0, 0.1) is 0 Å². The Kier molecular flexibility index (Phi) is 5.86. The minimum Gasteiger partial charge on any atom is -0.508 e. The van der Waals surface area contributed by atoms with E-state index in [0.717, 1.165) is 38.0 Å². The van der Waals surface area contributed by atoms with Gasteiger partial charge in [-0.15, -0.1) is 0 Å². The van der Waals surface area contributed by atoms with Crippen LogP contribution in [0.15, 0.2) is 24.3 Å². The molecule has 2 nitrogen and oxygen atoms in total. The van der Waals surface area contributed by atoms with E-state index in [-0.39, 0.29) is 0 Å². The Labute approximate surface area is 91.9 Å². The largest absolute Gasteiger partial charge is 0.508 e. The zero-order chi connectivity index (χ0) is 10.9. The van der Waals surface area contributed by atoms with Gasteiger partial charge in [0.15, 0.2) is 0 Å². The van der Waals surface area contributed by atoms with Crippen LogP contribution in [0.4, 0.5) is 0 Å². The fourth-order valence-electron chi connectivity index (χ4n) is 1.44. The Bertz CT molecular complexity index is 271. The molecule has 0 bridgehead atoms. The van der Waals surface area contributed by atoms with Gasteiger partial charge in [0.2, 0.25) is 0 Å². The first-order chi connectivity index (χ1) is 7.34. The van der Waals surface area contributed by atoms with Gasteiger partial charge in [-0.25, -0.2) is 0 Å². The predicted molar refractivity (Wildman–Crippen MR) is 62.2 cm³/mol. The number of phenolic OH excluding ortho intramolecular Hbond substituents is 1. The summed E-state index contributed by atoms with van der Waals surface area (Å²) < 4.78 is 5.45. The third-order valence-corrected chi connectivity index (χ3v) is 2.37. The normalized spacial score (nSPS) is 10.5. The molecule has 0 fully saturated rings. The van der Waals surface area contributed by atoms with E-state index < -0.39 is 0 Å². The summed E-state index contributed by atoms with van der Waals surface area (Å²) in [6.07, 6.45) is 4.18. The maximum atomic E-state index is 9.51. The molecule has 0 saturated heterocycles. The Morgan fingerprint density at radius 2 is 1.87 bits per heavy atom. The second-order valence-electron chi connectivity index (χ2n) is 3.70. The quantitative estimate of drug-likeness (QED) is 0.697. The molecule has 1 aromatic carbocycles. The number of hydrogen-bond donors (Lipinski definition) is 1. The Morgan fingerprint density at radius 3 is 2.60 bits per heavy atom. The monoisotopic (exact) mass is 208 g/mol. The van der Waals surface area contributed by atoms with E-state index in [1.54, 1.807) is 6.07 Å². The number of phenols is 1. The highest BCUT2D eigenvalue weighted by molar-refractivity contribution is 5.31. The van der Waals surface area contributed by atoms with Crippen LogP contribution in [0.25, 0.3) is 0 Å². The molecule has 0 atom stereocenters. The van der Waals surface area contributed by atoms with Gasteiger partial charge in [-0.05, 0) is 30.9 Å². The molecule has 1 rings (SSSR count). The number of ether oxygens (including phenoxy) is 1. The van der Waals surface area contributed by atoms with Crippen molar-refractivity contribution in [2.75, 3.05) is 13.2 Å². The van der Waals surface area contributed by atoms with Crippen molar-refractivity contribution in [2.24, 2.45) is 0 Å². The van der Waals surface area contributed by atoms with Crippen LogP contribution >= 0.6 is 0 Å². The first kappa shape index (κ1) is 12.1. The number of rotatable bonds is 7. The van der Waals surface area contributed by atoms with Crippen LogP contribution in [-0.2, 0) is 11.2 Å². The molecular weight excluding hydrogens is 188 g/mol. The topological polar surface area (TPSA) is 29.5 Å². The lowest BCUT2D eigenvalue weighted by molar-refractivity contribution is 0.129. The van der Waals surface area contributed by atoms with Crippen LogP contribution in [0.5, 0.6) is 5.75 Å². The van der Waals surface area contributed by atoms with Crippen molar-refractivity contribution in [1.82, 2.24) is 0 Å². The summed E-state index contributed by atoms with van der Waals surface area (Å²) in [4.78, 5) is 0. The summed E-state index contributed by atoms with van der Waals surface area (Å²) in [5.41, 5.74) is 1.01. The Hall–Kier alpha value is -1.02. The number of hydrogen-bond acceptors (Lipinski definition) is 2. The van der Waals surface area contributed by atoms with E-state index in [4.69, 9.17) is 4.74 Å². The van der Waals surface area contributed by atoms with Gasteiger partial charge in [-0.2, -0.15) is 0 Å². The molecule has 0 saturated carbocycles. The van der Waals surface area contributed by atoms with Crippen LogP contribution in [-0.4, -0.2) is 18.3 Å². The minimum atomic E-state index is 0.394. The van der Waals surface area contributed by atoms with E-state index in [1.165, 1.54) is 6.42 Å². The molecule has 0 aromatic heterocycles. The van der Waals surface area contributed by atoms with Crippen molar-refractivity contribution >= 4 is 0 Å². The summed E-state index contributed by atoms with van der Waals surface area (Å²) in [7, 11) is 0. The first-order valence-electron chi connectivity index (χ1n) is 5.69. The molecule has 0 heterocycles. The number of aryl methyl sites for hydroxylation is 1. The van der Waals surface area contributed by atoms with Crippen molar-refractivity contribution in [2.45, 2.75) is 32.6 Å². The third-order valence-electron chi connectivity index (χ3n) is 2.37. The molecule has 1 N–H and O–H groups in total. The van der Waals surface area contributed by atoms with E-state index in [2.05, 4.69) is 6.92 Å². The van der Waals surface area contributed by atoms with Gasteiger partial charge in [0.1, 0.15) is 5.75 Å². The SMILES string of the molecule is CCCCOCCCc1ccccc1O. The summed E-state index contributed by atoms with van der Waals surface area (Å²) in [5, 5.41) is 9.51. The van der Waals surface area contributed by atoms with Crippen LogP contribution < -0.4 is 0 Å². The lowest BCUT2D eigenvalue weighted by Crippen LogP contribution is -1.98.